The summed E-state index contributed by atoms with van der Waals surface area (Å²) in [6.45, 7) is 1.95. The van der Waals surface area contributed by atoms with Crippen molar-refractivity contribution in [3.05, 3.63) is 29.8 Å². The van der Waals surface area contributed by atoms with E-state index >= 15 is 0 Å². The van der Waals surface area contributed by atoms with Gasteiger partial charge in [-0.05, 0) is 30.7 Å². The summed E-state index contributed by atoms with van der Waals surface area (Å²) in [4.78, 5) is 0. The van der Waals surface area contributed by atoms with Crippen LogP contribution in [-0.2, 0) is 0 Å². The minimum atomic E-state index is 0.743. The Morgan fingerprint density at radius 2 is 2.00 bits per heavy atom. The number of allylic oxidation sites excluding steroid dienone is 1. The zero-order valence-electron chi connectivity index (χ0n) is 6.54. The second-order valence-electron chi connectivity index (χ2n) is 2.39. The van der Waals surface area contributed by atoms with Crippen LogP contribution in [0.4, 0.5) is 11.4 Å². The molecule has 0 spiro atoms. The molecule has 0 heterocycles. The van der Waals surface area contributed by atoms with Crippen molar-refractivity contribution in [3.63, 3.8) is 0 Å². The van der Waals surface area contributed by atoms with Crippen LogP contribution in [0.2, 0.25) is 0 Å². The molecule has 0 atom stereocenters. The van der Waals surface area contributed by atoms with Crippen molar-refractivity contribution in [1.82, 2.24) is 0 Å². The van der Waals surface area contributed by atoms with E-state index in [-0.39, 0.29) is 0 Å². The smallest absolute Gasteiger partial charge is 0.0389 e. The molecular weight excluding hydrogens is 136 g/mol. The summed E-state index contributed by atoms with van der Waals surface area (Å²) < 4.78 is 0. The molecule has 2 heteroatoms. The van der Waals surface area contributed by atoms with Crippen molar-refractivity contribution in [2.45, 2.75) is 6.92 Å². The molecule has 1 rings (SSSR count). The van der Waals surface area contributed by atoms with Gasteiger partial charge >= 0.3 is 0 Å². The molecule has 58 valence electrons. The number of hydrogen-bond acceptors (Lipinski definition) is 2. The number of hydrogen-bond donors (Lipinski definition) is 2. The molecule has 0 fully saturated rings. The maximum Gasteiger partial charge on any atom is 0.0389 e. The van der Waals surface area contributed by atoms with Gasteiger partial charge in [0.25, 0.3) is 0 Å². The van der Waals surface area contributed by atoms with Crippen LogP contribution >= 0.6 is 0 Å². The monoisotopic (exact) mass is 148 g/mol. The summed E-state index contributed by atoms with van der Waals surface area (Å²) >= 11 is 0. The third-order valence-corrected chi connectivity index (χ3v) is 1.46. The summed E-state index contributed by atoms with van der Waals surface area (Å²) in [6.07, 6.45) is 3.87. The molecule has 2 nitrogen and oxygen atoms in total. The molecule has 0 aliphatic heterocycles. The van der Waals surface area contributed by atoms with Gasteiger partial charge in [-0.25, -0.2) is 0 Å². The number of nitrogens with two attached hydrogens (primary N) is 2. The molecule has 1 aromatic carbocycles. The van der Waals surface area contributed by atoms with E-state index in [2.05, 4.69) is 0 Å². The Morgan fingerprint density at radius 3 is 2.64 bits per heavy atom. The Kier molecular flexibility index (Phi) is 2.16. The average molecular weight is 148 g/mol. The van der Waals surface area contributed by atoms with E-state index in [0.29, 0.717) is 0 Å². The normalized spacial score (nSPS) is 10.6. The van der Waals surface area contributed by atoms with Gasteiger partial charge in [-0.3, -0.25) is 0 Å². The van der Waals surface area contributed by atoms with E-state index in [4.69, 9.17) is 11.5 Å². The Bertz CT molecular complexity index is 277. The number of anilines is 2. The van der Waals surface area contributed by atoms with Crippen molar-refractivity contribution in [3.8, 4) is 0 Å². The molecule has 0 aromatic heterocycles. The van der Waals surface area contributed by atoms with Crippen molar-refractivity contribution in [2.24, 2.45) is 0 Å². The average Bonchev–Trinajstić information content (AvgIpc) is 1.98. The first kappa shape index (κ1) is 7.66. The van der Waals surface area contributed by atoms with Crippen LogP contribution in [0.3, 0.4) is 0 Å². The van der Waals surface area contributed by atoms with Gasteiger partial charge in [-0.15, -0.1) is 0 Å². The van der Waals surface area contributed by atoms with E-state index in [9.17, 15) is 0 Å². The minimum absolute atomic E-state index is 0.743. The van der Waals surface area contributed by atoms with Crippen molar-refractivity contribution in [1.29, 1.82) is 0 Å². The molecule has 0 unspecified atom stereocenters. The Labute approximate surface area is 66.5 Å². The second kappa shape index (κ2) is 3.10. The van der Waals surface area contributed by atoms with Gasteiger partial charge in [0.15, 0.2) is 0 Å². The molecular formula is C9H12N2. The van der Waals surface area contributed by atoms with Gasteiger partial charge < -0.3 is 11.5 Å². The van der Waals surface area contributed by atoms with E-state index in [1.807, 2.05) is 31.2 Å². The fraction of sp³-hybridized carbons (Fsp3) is 0.111. The lowest BCUT2D eigenvalue weighted by molar-refractivity contribution is 1.62. The fourth-order valence-corrected chi connectivity index (χ4v) is 0.917. The van der Waals surface area contributed by atoms with Crippen LogP contribution in [0.5, 0.6) is 0 Å². The van der Waals surface area contributed by atoms with Crippen molar-refractivity contribution >= 4 is 17.5 Å². The first-order valence-electron chi connectivity index (χ1n) is 3.51. The fourth-order valence-electron chi connectivity index (χ4n) is 0.917. The minimum Gasteiger partial charge on any atom is -0.399 e. The number of nitrogen functional groups attached to an aromatic ring is 2. The lowest BCUT2D eigenvalue weighted by atomic mass is 10.1. The van der Waals surface area contributed by atoms with Crippen molar-refractivity contribution < 1.29 is 0 Å². The molecule has 0 saturated heterocycles. The maximum atomic E-state index is 5.67. The summed E-state index contributed by atoms with van der Waals surface area (Å²) in [7, 11) is 0. The van der Waals surface area contributed by atoms with E-state index in [1.54, 1.807) is 6.07 Å². The first-order chi connectivity index (χ1) is 5.24. The summed E-state index contributed by atoms with van der Waals surface area (Å²) in [5, 5.41) is 0. The highest BCUT2D eigenvalue weighted by atomic mass is 14.6. The number of rotatable bonds is 1. The second-order valence-corrected chi connectivity index (χ2v) is 2.39. The third kappa shape index (κ3) is 1.74. The third-order valence-electron chi connectivity index (χ3n) is 1.46. The Morgan fingerprint density at radius 1 is 1.27 bits per heavy atom. The van der Waals surface area contributed by atoms with Gasteiger partial charge in [-0.2, -0.15) is 0 Å². The standard InChI is InChI=1S/C9H12N2/c1-2-3-7-6-8(10)4-5-9(7)11/h2-6H,10-11H2,1H3/b3-2+. The molecule has 0 bridgehead atoms. The van der Waals surface area contributed by atoms with Crippen LogP contribution in [0.1, 0.15) is 12.5 Å². The summed E-state index contributed by atoms with van der Waals surface area (Å²) in [5.41, 5.74) is 13.7. The highest BCUT2D eigenvalue weighted by Gasteiger charge is 1.93. The SMILES string of the molecule is C/C=C/c1cc(N)ccc1N. The largest absolute Gasteiger partial charge is 0.399 e. The van der Waals surface area contributed by atoms with Crippen LogP contribution < -0.4 is 11.5 Å². The molecule has 0 radical (unpaired) electrons. The quantitative estimate of drug-likeness (QED) is 0.597. The molecule has 4 N–H and O–H groups in total. The summed E-state index contributed by atoms with van der Waals surface area (Å²) in [5.74, 6) is 0. The molecule has 0 aliphatic carbocycles. The van der Waals surface area contributed by atoms with Gasteiger partial charge in [0.1, 0.15) is 0 Å². The molecule has 11 heavy (non-hydrogen) atoms. The predicted molar refractivity (Wildman–Crippen MR) is 50.0 cm³/mol. The predicted octanol–water partition coefficient (Wildman–Crippen LogP) is 1.88. The number of benzene rings is 1. The van der Waals surface area contributed by atoms with Crippen LogP contribution in [0, 0.1) is 0 Å². The lowest BCUT2D eigenvalue weighted by Crippen LogP contribution is -1.91. The highest BCUT2D eigenvalue weighted by molar-refractivity contribution is 5.68. The van der Waals surface area contributed by atoms with E-state index in [1.165, 1.54) is 0 Å². The lowest BCUT2D eigenvalue weighted by Gasteiger charge is -2.00. The summed E-state index contributed by atoms with van der Waals surface area (Å²) in [6, 6.07) is 5.46. The van der Waals surface area contributed by atoms with Crippen molar-refractivity contribution in [2.75, 3.05) is 11.5 Å². The van der Waals surface area contributed by atoms with Crippen LogP contribution in [0.25, 0.3) is 6.08 Å². The first-order valence-corrected chi connectivity index (χ1v) is 3.51. The van der Waals surface area contributed by atoms with E-state index < -0.39 is 0 Å². The van der Waals surface area contributed by atoms with Gasteiger partial charge in [0.05, 0.1) is 0 Å². The van der Waals surface area contributed by atoms with Crippen LogP contribution in [0.15, 0.2) is 24.3 Å². The Hall–Kier alpha value is -1.44. The Balaban J connectivity index is 3.12. The van der Waals surface area contributed by atoms with E-state index in [0.717, 1.165) is 16.9 Å². The molecule has 0 aliphatic rings. The maximum absolute atomic E-state index is 5.67. The molecule has 0 saturated carbocycles. The van der Waals surface area contributed by atoms with Gasteiger partial charge in [0, 0.05) is 11.4 Å². The molecule has 1 aromatic rings. The van der Waals surface area contributed by atoms with Gasteiger partial charge in [0.2, 0.25) is 0 Å². The zero-order chi connectivity index (χ0) is 8.27. The zero-order valence-corrected chi connectivity index (χ0v) is 6.54. The topological polar surface area (TPSA) is 52.0 Å². The van der Waals surface area contributed by atoms with Crippen LogP contribution in [-0.4, -0.2) is 0 Å². The van der Waals surface area contributed by atoms with Gasteiger partial charge in [-0.1, -0.05) is 12.2 Å². The molecule has 0 amide bonds. The highest BCUT2D eigenvalue weighted by Crippen LogP contribution is 2.16.